The van der Waals surface area contributed by atoms with E-state index in [-0.39, 0.29) is 29.3 Å². The van der Waals surface area contributed by atoms with Gasteiger partial charge in [0.15, 0.2) is 0 Å². The van der Waals surface area contributed by atoms with E-state index in [0.29, 0.717) is 44.7 Å². The summed E-state index contributed by atoms with van der Waals surface area (Å²) in [6, 6.07) is 12.5. The summed E-state index contributed by atoms with van der Waals surface area (Å²) in [4.78, 5) is 35.1. The molecule has 0 bridgehead atoms. The lowest BCUT2D eigenvalue weighted by Gasteiger charge is -2.36. The summed E-state index contributed by atoms with van der Waals surface area (Å²) in [6.45, 7) is 2.05. The Morgan fingerprint density at radius 2 is 1.76 bits per heavy atom. The summed E-state index contributed by atoms with van der Waals surface area (Å²) in [6.07, 6.45) is 4.39. The molecule has 2 atom stereocenters. The van der Waals surface area contributed by atoms with E-state index in [2.05, 4.69) is 25.5 Å². The van der Waals surface area contributed by atoms with E-state index < -0.39 is 5.92 Å². The maximum Gasteiger partial charge on any atom is 0.228 e. The van der Waals surface area contributed by atoms with Crippen molar-refractivity contribution in [1.29, 1.82) is 0 Å². The Labute approximate surface area is 197 Å². The number of benzene rings is 2. The van der Waals surface area contributed by atoms with Crippen LogP contribution in [0, 0.1) is 17.7 Å². The van der Waals surface area contributed by atoms with Crippen molar-refractivity contribution in [1.82, 2.24) is 20.2 Å². The molecule has 2 heterocycles. The van der Waals surface area contributed by atoms with Crippen molar-refractivity contribution in [3.63, 3.8) is 0 Å². The largest absolute Gasteiger partial charge is 0.508 e. The Morgan fingerprint density at radius 3 is 2.44 bits per heavy atom. The summed E-state index contributed by atoms with van der Waals surface area (Å²) >= 11 is 0. The van der Waals surface area contributed by atoms with Crippen LogP contribution in [0.4, 0.5) is 10.1 Å². The van der Waals surface area contributed by atoms with Crippen LogP contribution in [0.15, 0.2) is 61.1 Å². The summed E-state index contributed by atoms with van der Waals surface area (Å²) in [5.74, 6) is -1.22. The Hall–Kier alpha value is -3.72. The summed E-state index contributed by atoms with van der Waals surface area (Å²) in [7, 11) is 0. The van der Waals surface area contributed by atoms with Crippen LogP contribution in [0.25, 0.3) is 0 Å². The van der Waals surface area contributed by atoms with Crippen LogP contribution < -0.4 is 10.6 Å². The lowest BCUT2D eigenvalue weighted by Crippen LogP contribution is -2.49. The minimum absolute atomic E-state index is 0.0884. The number of aromatic nitrogens is 2. The minimum Gasteiger partial charge on any atom is -0.508 e. The number of aromatic amines is 1. The van der Waals surface area contributed by atoms with Gasteiger partial charge in [0.05, 0.1) is 18.2 Å². The van der Waals surface area contributed by atoms with Crippen molar-refractivity contribution in [3.8, 4) is 5.75 Å². The van der Waals surface area contributed by atoms with Gasteiger partial charge in [0.2, 0.25) is 11.8 Å². The first kappa shape index (κ1) is 23.4. The number of anilines is 1. The highest BCUT2D eigenvalue weighted by molar-refractivity contribution is 5.93. The molecule has 1 fully saturated rings. The Kier molecular flexibility index (Phi) is 7.54. The smallest absolute Gasteiger partial charge is 0.228 e. The number of nitrogens with one attached hydrogen (secondary N) is 3. The molecule has 9 heteroatoms. The molecule has 0 unspecified atom stereocenters. The summed E-state index contributed by atoms with van der Waals surface area (Å²) in [5.41, 5.74) is 2.44. The fourth-order valence-corrected chi connectivity index (χ4v) is 4.22. The lowest BCUT2D eigenvalue weighted by molar-refractivity contribution is -0.130. The number of phenols is 1. The van der Waals surface area contributed by atoms with Gasteiger partial charge in [-0.1, -0.05) is 12.1 Å². The highest BCUT2D eigenvalue weighted by atomic mass is 19.1. The third-order valence-electron chi connectivity index (χ3n) is 5.97. The Balaban J connectivity index is 1.42. The maximum atomic E-state index is 13.2. The summed E-state index contributed by atoms with van der Waals surface area (Å²) in [5, 5.41) is 15.4. The van der Waals surface area contributed by atoms with E-state index in [1.807, 2.05) is 12.1 Å². The number of hydrogen-bond acceptors (Lipinski definition) is 5. The molecule has 2 aromatic carbocycles. The molecule has 34 heavy (non-hydrogen) atoms. The van der Waals surface area contributed by atoms with E-state index >= 15 is 0 Å². The van der Waals surface area contributed by atoms with Crippen molar-refractivity contribution >= 4 is 17.5 Å². The van der Waals surface area contributed by atoms with Gasteiger partial charge in [-0.25, -0.2) is 9.37 Å². The minimum atomic E-state index is -0.403. The number of hydrogen-bond donors (Lipinski definition) is 4. The number of imidazole rings is 1. The van der Waals surface area contributed by atoms with Gasteiger partial charge in [-0.3, -0.25) is 14.5 Å². The van der Waals surface area contributed by atoms with E-state index in [4.69, 9.17) is 0 Å². The zero-order valence-corrected chi connectivity index (χ0v) is 18.7. The number of aromatic hydroxyl groups is 1. The van der Waals surface area contributed by atoms with Gasteiger partial charge in [-0.05, 0) is 48.4 Å². The fourth-order valence-electron chi connectivity index (χ4n) is 4.22. The van der Waals surface area contributed by atoms with E-state index in [1.54, 1.807) is 24.7 Å². The molecule has 0 spiro atoms. The predicted molar refractivity (Wildman–Crippen MR) is 125 cm³/mol. The molecule has 178 valence electrons. The zero-order valence-electron chi connectivity index (χ0n) is 18.7. The Bertz CT molecular complexity index is 1090. The van der Waals surface area contributed by atoms with Gasteiger partial charge in [0, 0.05) is 50.2 Å². The number of H-pyrrole nitrogens is 1. The van der Waals surface area contributed by atoms with Gasteiger partial charge >= 0.3 is 0 Å². The fraction of sp³-hybridized carbons (Fsp3) is 0.320. The van der Waals surface area contributed by atoms with E-state index in [0.717, 1.165) is 11.3 Å². The van der Waals surface area contributed by atoms with Crippen LogP contribution in [0.5, 0.6) is 5.75 Å². The number of carbonyl (C=O) groups is 2. The van der Waals surface area contributed by atoms with Crippen LogP contribution in [0.3, 0.4) is 0 Å². The lowest BCUT2D eigenvalue weighted by atomic mass is 9.87. The van der Waals surface area contributed by atoms with Crippen molar-refractivity contribution < 1.29 is 19.1 Å². The third-order valence-corrected chi connectivity index (χ3v) is 5.97. The topological polar surface area (TPSA) is 110 Å². The van der Waals surface area contributed by atoms with Crippen molar-refractivity contribution in [2.24, 2.45) is 11.8 Å². The molecule has 1 aliphatic rings. The molecular formula is C25H28FN5O3. The summed E-state index contributed by atoms with van der Waals surface area (Å²) < 4.78 is 13.2. The number of halogens is 1. The molecule has 0 radical (unpaired) electrons. The van der Waals surface area contributed by atoms with Crippen LogP contribution in [0.1, 0.15) is 17.7 Å². The standard InChI is InChI=1S/C25H28FN5O3/c26-20-3-5-21(6-4-20)30-25(34)19-11-18(24(33)28-10-9-22-12-27-16-29-22)14-31(15-19)13-17-1-7-23(32)8-2-17/h1-8,12,16,18-19,32H,9-11,13-15H2,(H,27,29)(H,28,33)(H,30,34)/t18-,19+/m0/s1. The molecule has 2 amide bonds. The predicted octanol–water partition coefficient (Wildman–Crippen LogP) is 2.69. The monoisotopic (exact) mass is 465 g/mol. The first-order chi connectivity index (χ1) is 16.5. The third kappa shape index (κ3) is 6.41. The van der Waals surface area contributed by atoms with Gasteiger partial charge in [-0.15, -0.1) is 0 Å². The SMILES string of the molecule is O=C(NCCc1cnc[nH]1)[C@H]1C[C@@H](C(=O)Nc2ccc(F)cc2)CN(Cc2ccc(O)cc2)C1. The van der Waals surface area contributed by atoms with Gasteiger partial charge < -0.3 is 20.7 Å². The normalized spacial score (nSPS) is 18.4. The van der Waals surface area contributed by atoms with Crippen molar-refractivity contribution in [3.05, 3.63) is 78.1 Å². The highest BCUT2D eigenvalue weighted by Crippen LogP contribution is 2.26. The molecule has 1 saturated heterocycles. The number of phenolic OH excluding ortho intramolecular Hbond substituents is 1. The number of carbonyl (C=O) groups excluding carboxylic acids is 2. The highest BCUT2D eigenvalue weighted by Gasteiger charge is 2.35. The molecule has 1 aliphatic heterocycles. The maximum absolute atomic E-state index is 13.2. The molecule has 1 aromatic heterocycles. The number of likely N-dealkylation sites (tertiary alicyclic amines) is 1. The van der Waals surface area contributed by atoms with Crippen LogP contribution >= 0.6 is 0 Å². The zero-order chi connectivity index (χ0) is 23.9. The molecule has 0 aliphatic carbocycles. The molecule has 4 N–H and O–H groups in total. The van der Waals surface area contributed by atoms with Crippen molar-refractivity contribution in [2.75, 3.05) is 25.0 Å². The number of amides is 2. The molecule has 3 aromatic rings. The second-order valence-electron chi connectivity index (χ2n) is 8.60. The number of piperidine rings is 1. The second kappa shape index (κ2) is 10.9. The second-order valence-corrected chi connectivity index (χ2v) is 8.60. The number of rotatable bonds is 8. The molecular weight excluding hydrogens is 437 g/mol. The van der Waals surface area contributed by atoms with E-state index in [1.165, 1.54) is 24.3 Å². The van der Waals surface area contributed by atoms with Crippen LogP contribution in [-0.4, -0.2) is 51.4 Å². The average Bonchev–Trinajstić information content (AvgIpc) is 3.35. The van der Waals surface area contributed by atoms with Crippen LogP contribution in [0.2, 0.25) is 0 Å². The average molecular weight is 466 g/mol. The van der Waals surface area contributed by atoms with Gasteiger partial charge in [0.1, 0.15) is 11.6 Å². The van der Waals surface area contributed by atoms with E-state index in [9.17, 15) is 19.1 Å². The Morgan fingerprint density at radius 1 is 1.06 bits per heavy atom. The molecule has 8 nitrogen and oxygen atoms in total. The number of nitrogens with zero attached hydrogens (tertiary/aromatic N) is 2. The van der Waals surface area contributed by atoms with Gasteiger partial charge in [-0.2, -0.15) is 0 Å². The molecule has 4 rings (SSSR count). The first-order valence-electron chi connectivity index (χ1n) is 11.3. The van der Waals surface area contributed by atoms with Crippen molar-refractivity contribution in [2.45, 2.75) is 19.4 Å². The van der Waals surface area contributed by atoms with Crippen LogP contribution in [-0.2, 0) is 22.6 Å². The first-order valence-corrected chi connectivity index (χ1v) is 11.3. The van der Waals surface area contributed by atoms with Gasteiger partial charge in [0.25, 0.3) is 0 Å². The molecule has 0 saturated carbocycles. The quantitative estimate of drug-likeness (QED) is 0.409.